The molecule has 150 valence electrons. The first-order valence-electron chi connectivity index (χ1n) is 8.95. The molecule has 0 aliphatic carbocycles. The van der Waals surface area contributed by atoms with E-state index >= 15 is 0 Å². The van der Waals surface area contributed by atoms with Crippen LogP contribution >= 0.6 is 22.9 Å². The number of anilines is 1. The molecule has 2 heterocycles. The van der Waals surface area contributed by atoms with Gasteiger partial charge in [0, 0.05) is 50.2 Å². The molecule has 1 N–H and O–H groups in total. The molecule has 0 unspecified atom stereocenters. The van der Waals surface area contributed by atoms with Gasteiger partial charge >= 0.3 is 0 Å². The van der Waals surface area contributed by atoms with Gasteiger partial charge in [-0.2, -0.15) is 0 Å². The molecule has 2 aromatic rings. The molecule has 0 spiro atoms. The third-order valence-corrected chi connectivity index (χ3v) is 5.94. The largest absolute Gasteiger partial charge is 0.323 e. The van der Waals surface area contributed by atoms with Crippen molar-refractivity contribution in [3.05, 3.63) is 49.4 Å². The molecule has 1 aromatic heterocycles. The third kappa shape index (κ3) is 5.05. The maximum Gasteiger partial charge on any atom is 0.271 e. The van der Waals surface area contributed by atoms with Gasteiger partial charge in [-0.25, -0.2) is 4.98 Å². The lowest BCUT2D eigenvalue weighted by Gasteiger charge is -2.37. The number of carbonyl (C=O) groups excluding carboxylic acids is 1. The van der Waals surface area contributed by atoms with Gasteiger partial charge in [0.1, 0.15) is 0 Å². The quantitative estimate of drug-likeness (QED) is 0.566. The van der Waals surface area contributed by atoms with Crippen molar-refractivity contribution in [2.24, 2.45) is 0 Å². The topological polar surface area (TPSA) is 91.6 Å². The van der Waals surface area contributed by atoms with Gasteiger partial charge in [0.2, 0.25) is 5.91 Å². The summed E-state index contributed by atoms with van der Waals surface area (Å²) in [5.74, 6) is -0.181. The molecule has 3 rings (SSSR count). The van der Waals surface area contributed by atoms with Crippen LogP contribution in [0.1, 0.15) is 17.6 Å². The van der Waals surface area contributed by atoms with Crippen LogP contribution in [0, 0.1) is 17.0 Å². The highest BCUT2D eigenvalue weighted by Gasteiger charge is 2.26. The lowest BCUT2D eigenvalue weighted by molar-refractivity contribution is -0.384. The number of aromatic nitrogens is 1. The number of nitrogens with one attached hydrogen (secondary N) is 1. The van der Waals surface area contributed by atoms with Crippen molar-refractivity contribution in [3.8, 4) is 0 Å². The Hall–Kier alpha value is -2.07. The molecule has 1 atom stereocenters. The summed E-state index contributed by atoms with van der Waals surface area (Å²) in [7, 11) is 0. The Morgan fingerprint density at radius 1 is 1.39 bits per heavy atom. The number of halogens is 1. The number of nitro benzene ring substituents is 1. The van der Waals surface area contributed by atoms with E-state index in [4.69, 9.17) is 11.6 Å². The predicted octanol–water partition coefficient (Wildman–Crippen LogP) is 3.16. The van der Waals surface area contributed by atoms with Gasteiger partial charge < -0.3 is 5.32 Å². The van der Waals surface area contributed by atoms with Gasteiger partial charge in [0.25, 0.3) is 5.69 Å². The minimum Gasteiger partial charge on any atom is -0.323 e. The van der Waals surface area contributed by atoms with Crippen LogP contribution in [-0.2, 0) is 11.3 Å². The molecule has 0 bridgehead atoms. The van der Waals surface area contributed by atoms with Crippen LogP contribution in [0.4, 0.5) is 11.4 Å². The summed E-state index contributed by atoms with van der Waals surface area (Å²) >= 11 is 7.72. The highest BCUT2D eigenvalue weighted by atomic mass is 35.5. The Kier molecular flexibility index (Phi) is 6.61. The van der Waals surface area contributed by atoms with E-state index in [2.05, 4.69) is 25.5 Å². The van der Waals surface area contributed by atoms with E-state index in [9.17, 15) is 14.9 Å². The lowest BCUT2D eigenvalue weighted by atomic mass is 10.2. The van der Waals surface area contributed by atoms with E-state index < -0.39 is 4.92 Å². The Labute approximate surface area is 172 Å². The van der Waals surface area contributed by atoms with E-state index in [1.807, 2.05) is 13.8 Å². The second-order valence-electron chi connectivity index (χ2n) is 6.76. The standard InChI is InChI=1S/C18H22ClN5O3S/c1-12(18(25)21-17-4-3-15(24(26)27)9-16(17)19)23-7-5-22(6-8-23)10-14-11-28-13(2)20-14/h3-4,9,11-12H,5-8,10H2,1-2H3,(H,21,25)/t12-/m0/s1. The van der Waals surface area contributed by atoms with Crippen LogP contribution < -0.4 is 5.32 Å². The summed E-state index contributed by atoms with van der Waals surface area (Å²) in [6.07, 6.45) is 0. The summed E-state index contributed by atoms with van der Waals surface area (Å²) in [6, 6.07) is 3.69. The van der Waals surface area contributed by atoms with Crippen LogP contribution in [0.25, 0.3) is 0 Å². The lowest BCUT2D eigenvalue weighted by Crippen LogP contribution is -2.52. The Balaban J connectivity index is 1.52. The van der Waals surface area contributed by atoms with Crippen molar-refractivity contribution in [3.63, 3.8) is 0 Å². The van der Waals surface area contributed by atoms with Crippen molar-refractivity contribution < 1.29 is 9.72 Å². The zero-order valence-corrected chi connectivity index (χ0v) is 17.3. The van der Waals surface area contributed by atoms with E-state index in [1.165, 1.54) is 18.2 Å². The molecule has 0 saturated carbocycles. The monoisotopic (exact) mass is 423 g/mol. The Bertz CT molecular complexity index is 867. The van der Waals surface area contributed by atoms with Gasteiger partial charge in [0.05, 0.1) is 32.4 Å². The van der Waals surface area contributed by atoms with Gasteiger partial charge in [-0.05, 0) is 19.9 Å². The van der Waals surface area contributed by atoms with Crippen molar-refractivity contribution in [1.29, 1.82) is 0 Å². The number of non-ortho nitro benzene ring substituents is 1. The van der Waals surface area contributed by atoms with Crippen LogP contribution in [0.3, 0.4) is 0 Å². The molecule has 28 heavy (non-hydrogen) atoms. The number of nitrogens with zero attached hydrogens (tertiary/aromatic N) is 4. The molecule has 1 fully saturated rings. The van der Waals surface area contributed by atoms with Crippen molar-refractivity contribution in [1.82, 2.24) is 14.8 Å². The summed E-state index contributed by atoms with van der Waals surface area (Å²) in [6.45, 7) is 7.99. The molecule has 0 radical (unpaired) electrons. The highest BCUT2D eigenvalue weighted by molar-refractivity contribution is 7.09. The SMILES string of the molecule is Cc1nc(CN2CCN([C@@H](C)C(=O)Nc3ccc([N+](=O)[O-])cc3Cl)CC2)cs1. The molecule has 1 amide bonds. The fraction of sp³-hybridized carbons (Fsp3) is 0.444. The van der Waals surface area contributed by atoms with Gasteiger partial charge in [-0.3, -0.25) is 24.7 Å². The normalized spacial score (nSPS) is 16.7. The fourth-order valence-electron chi connectivity index (χ4n) is 3.14. The van der Waals surface area contributed by atoms with Crippen molar-refractivity contribution in [2.75, 3.05) is 31.5 Å². The van der Waals surface area contributed by atoms with Crippen molar-refractivity contribution in [2.45, 2.75) is 26.4 Å². The number of nitro groups is 1. The molecular weight excluding hydrogens is 402 g/mol. The van der Waals surface area contributed by atoms with Gasteiger partial charge in [-0.15, -0.1) is 11.3 Å². The first-order chi connectivity index (χ1) is 13.3. The molecule has 1 saturated heterocycles. The summed E-state index contributed by atoms with van der Waals surface area (Å²) in [5.41, 5.74) is 1.36. The van der Waals surface area contributed by atoms with E-state index in [0.717, 1.165) is 43.4 Å². The Morgan fingerprint density at radius 2 is 2.11 bits per heavy atom. The van der Waals surface area contributed by atoms with Crippen LogP contribution in [-0.4, -0.2) is 57.8 Å². The van der Waals surface area contributed by atoms with Crippen LogP contribution in [0.2, 0.25) is 5.02 Å². The number of thiazole rings is 1. The average Bonchev–Trinajstić information content (AvgIpc) is 3.08. The molecule has 10 heteroatoms. The molecular formula is C18H22ClN5O3S. The number of hydrogen-bond acceptors (Lipinski definition) is 7. The second-order valence-corrected chi connectivity index (χ2v) is 8.23. The maximum atomic E-state index is 12.6. The second kappa shape index (κ2) is 8.95. The molecule has 8 nitrogen and oxygen atoms in total. The summed E-state index contributed by atoms with van der Waals surface area (Å²) in [4.78, 5) is 31.8. The number of aryl methyl sites for hydroxylation is 1. The molecule has 1 aromatic carbocycles. The Morgan fingerprint density at radius 3 is 2.68 bits per heavy atom. The van der Waals surface area contributed by atoms with Crippen LogP contribution in [0.5, 0.6) is 0 Å². The minimum atomic E-state index is -0.521. The smallest absolute Gasteiger partial charge is 0.271 e. The summed E-state index contributed by atoms with van der Waals surface area (Å²) < 4.78 is 0. The van der Waals surface area contributed by atoms with Crippen LogP contribution in [0.15, 0.2) is 23.6 Å². The zero-order chi connectivity index (χ0) is 20.3. The number of carbonyl (C=O) groups is 1. The van der Waals surface area contributed by atoms with Gasteiger partial charge in [-0.1, -0.05) is 11.6 Å². The number of benzene rings is 1. The highest BCUT2D eigenvalue weighted by Crippen LogP contribution is 2.27. The first-order valence-corrected chi connectivity index (χ1v) is 10.2. The minimum absolute atomic E-state index is 0.109. The maximum absolute atomic E-state index is 12.6. The molecule has 1 aliphatic rings. The summed E-state index contributed by atoms with van der Waals surface area (Å²) in [5, 5.41) is 16.9. The zero-order valence-electron chi connectivity index (χ0n) is 15.7. The van der Waals surface area contributed by atoms with E-state index in [-0.39, 0.29) is 22.7 Å². The number of hydrogen-bond donors (Lipinski definition) is 1. The molecule has 1 aliphatic heterocycles. The predicted molar refractivity (Wildman–Crippen MR) is 110 cm³/mol. The third-order valence-electron chi connectivity index (χ3n) is 4.81. The fourth-order valence-corrected chi connectivity index (χ4v) is 3.97. The number of amides is 1. The first kappa shape index (κ1) is 20.7. The van der Waals surface area contributed by atoms with E-state index in [0.29, 0.717) is 5.69 Å². The number of piperazine rings is 1. The average molecular weight is 424 g/mol. The van der Waals surface area contributed by atoms with Crippen molar-refractivity contribution >= 4 is 40.2 Å². The number of rotatable bonds is 6. The van der Waals surface area contributed by atoms with E-state index in [1.54, 1.807) is 11.3 Å². The van der Waals surface area contributed by atoms with Gasteiger partial charge in [0.15, 0.2) is 0 Å².